The molecular weight excluding hydrogens is 138 g/mol. The average molecular weight is 145 g/mol. The zero-order chi connectivity index (χ0) is 8.15. The summed E-state index contributed by atoms with van der Waals surface area (Å²) in [5, 5.41) is 8.12. The SMILES string of the molecule is C=C(CC(=O)O)C(=O)ON. The molecule has 10 heavy (non-hydrogen) atoms. The maximum atomic E-state index is 10.3. The van der Waals surface area contributed by atoms with Crippen LogP contribution >= 0.6 is 0 Å². The molecule has 0 bridgehead atoms. The van der Waals surface area contributed by atoms with Gasteiger partial charge in [0.1, 0.15) is 0 Å². The van der Waals surface area contributed by atoms with E-state index in [0.717, 1.165) is 0 Å². The van der Waals surface area contributed by atoms with Gasteiger partial charge in [0.05, 0.1) is 6.42 Å². The van der Waals surface area contributed by atoms with Crippen molar-refractivity contribution in [2.24, 2.45) is 5.90 Å². The van der Waals surface area contributed by atoms with E-state index in [1.54, 1.807) is 0 Å². The van der Waals surface area contributed by atoms with Crippen LogP contribution in [0.15, 0.2) is 12.2 Å². The Morgan fingerprint density at radius 1 is 1.60 bits per heavy atom. The molecule has 56 valence electrons. The molecule has 0 amide bonds. The van der Waals surface area contributed by atoms with Gasteiger partial charge in [0.25, 0.3) is 0 Å². The minimum Gasteiger partial charge on any atom is -0.481 e. The first-order valence-corrected chi connectivity index (χ1v) is 2.38. The van der Waals surface area contributed by atoms with Crippen LogP contribution in [0.2, 0.25) is 0 Å². The number of carboxylic acids is 1. The summed E-state index contributed by atoms with van der Waals surface area (Å²) in [6.45, 7) is 3.13. The molecule has 0 aliphatic heterocycles. The molecule has 0 aromatic rings. The molecule has 0 aliphatic rings. The highest BCUT2D eigenvalue weighted by Crippen LogP contribution is 1.98. The van der Waals surface area contributed by atoms with Crippen LogP contribution in [-0.2, 0) is 14.4 Å². The van der Waals surface area contributed by atoms with Gasteiger partial charge in [-0.25, -0.2) is 4.79 Å². The molecule has 0 rings (SSSR count). The van der Waals surface area contributed by atoms with Crippen molar-refractivity contribution >= 4 is 11.9 Å². The minimum absolute atomic E-state index is 0.171. The predicted molar refractivity (Wildman–Crippen MR) is 31.7 cm³/mol. The largest absolute Gasteiger partial charge is 0.481 e. The third-order valence-electron chi connectivity index (χ3n) is 0.760. The molecule has 5 nitrogen and oxygen atoms in total. The summed E-state index contributed by atoms with van der Waals surface area (Å²) < 4.78 is 0. The zero-order valence-electron chi connectivity index (χ0n) is 5.16. The third-order valence-corrected chi connectivity index (χ3v) is 0.760. The maximum Gasteiger partial charge on any atom is 0.352 e. The number of nitrogens with two attached hydrogens (primary N) is 1. The number of hydrogen-bond acceptors (Lipinski definition) is 4. The van der Waals surface area contributed by atoms with E-state index in [1.165, 1.54) is 0 Å². The lowest BCUT2D eigenvalue weighted by Crippen LogP contribution is -2.14. The van der Waals surface area contributed by atoms with Gasteiger partial charge >= 0.3 is 11.9 Å². The van der Waals surface area contributed by atoms with Crippen molar-refractivity contribution in [3.8, 4) is 0 Å². The summed E-state index contributed by atoms with van der Waals surface area (Å²) in [7, 11) is 0. The zero-order valence-corrected chi connectivity index (χ0v) is 5.16. The summed E-state index contributed by atoms with van der Waals surface area (Å²) >= 11 is 0. The molecule has 0 fully saturated rings. The molecule has 0 heterocycles. The van der Waals surface area contributed by atoms with Crippen molar-refractivity contribution in [1.82, 2.24) is 0 Å². The van der Waals surface area contributed by atoms with Crippen LogP contribution in [-0.4, -0.2) is 17.0 Å². The molecule has 0 atom stereocenters. The molecule has 5 heteroatoms. The van der Waals surface area contributed by atoms with E-state index >= 15 is 0 Å². The second kappa shape index (κ2) is 3.62. The molecule has 0 radical (unpaired) electrons. The molecule has 0 saturated heterocycles. The molecule has 3 N–H and O–H groups in total. The first-order chi connectivity index (χ1) is 4.57. The second-order valence-corrected chi connectivity index (χ2v) is 1.58. The number of carbonyl (C=O) groups is 2. The van der Waals surface area contributed by atoms with Crippen LogP contribution in [0.4, 0.5) is 0 Å². The van der Waals surface area contributed by atoms with E-state index < -0.39 is 18.4 Å². The van der Waals surface area contributed by atoms with E-state index in [0.29, 0.717) is 0 Å². The van der Waals surface area contributed by atoms with Gasteiger partial charge < -0.3 is 9.94 Å². The number of aliphatic carboxylic acids is 1. The lowest BCUT2D eigenvalue weighted by Gasteiger charge is -1.96. The van der Waals surface area contributed by atoms with Crippen molar-refractivity contribution in [2.75, 3.05) is 0 Å². The Kier molecular flexibility index (Phi) is 3.13. The summed E-state index contributed by atoms with van der Waals surface area (Å²) in [5.74, 6) is 2.40. The smallest absolute Gasteiger partial charge is 0.352 e. The molecule has 0 spiro atoms. The van der Waals surface area contributed by atoms with Crippen LogP contribution in [0, 0.1) is 0 Å². The fourth-order valence-corrected chi connectivity index (χ4v) is 0.338. The Morgan fingerprint density at radius 2 is 2.10 bits per heavy atom. The Hall–Kier alpha value is -1.36. The van der Waals surface area contributed by atoms with Gasteiger partial charge in [-0.3, -0.25) is 4.79 Å². The third kappa shape index (κ3) is 2.83. The lowest BCUT2D eigenvalue weighted by atomic mass is 10.2. The average Bonchev–Trinajstić information content (AvgIpc) is 1.85. The molecular formula is C5H7NO4. The highest BCUT2D eigenvalue weighted by molar-refractivity contribution is 5.92. The van der Waals surface area contributed by atoms with Crippen molar-refractivity contribution in [1.29, 1.82) is 0 Å². The Balaban J connectivity index is 3.86. The number of carboxylic acid groups (broad SMARTS) is 1. The van der Waals surface area contributed by atoms with Crippen LogP contribution in [0.5, 0.6) is 0 Å². The quantitative estimate of drug-likeness (QED) is 0.410. The van der Waals surface area contributed by atoms with Crippen molar-refractivity contribution in [2.45, 2.75) is 6.42 Å². The van der Waals surface area contributed by atoms with Crippen LogP contribution in [0.3, 0.4) is 0 Å². The van der Waals surface area contributed by atoms with Crippen LogP contribution in [0.25, 0.3) is 0 Å². The minimum atomic E-state index is -1.14. The summed E-state index contributed by atoms with van der Waals surface area (Å²) in [4.78, 5) is 24.0. The summed E-state index contributed by atoms with van der Waals surface area (Å²) in [5.41, 5.74) is -0.171. The Labute approximate surface area is 57.0 Å². The van der Waals surface area contributed by atoms with E-state index in [4.69, 9.17) is 5.11 Å². The Morgan fingerprint density at radius 3 is 2.40 bits per heavy atom. The first kappa shape index (κ1) is 8.64. The van der Waals surface area contributed by atoms with Crippen LogP contribution < -0.4 is 5.90 Å². The molecule has 0 aromatic carbocycles. The topological polar surface area (TPSA) is 89.6 Å². The monoisotopic (exact) mass is 145 g/mol. The highest BCUT2D eigenvalue weighted by atomic mass is 16.7. The second-order valence-electron chi connectivity index (χ2n) is 1.58. The van der Waals surface area contributed by atoms with Crippen molar-refractivity contribution in [3.63, 3.8) is 0 Å². The molecule has 0 aromatic heterocycles. The maximum absolute atomic E-state index is 10.3. The number of carbonyl (C=O) groups excluding carboxylic acids is 1. The summed E-state index contributed by atoms with van der Waals surface area (Å²) in [6.07, 6.45) is -0.448. The van der Waals surface area contributed by atoms with Gasteiger partial charge in [-0.15, -0.1) is 0 Å². The highest BCUT2D eigenvalue weighted by Gasteiger charge is 2.10. The fraction of sp³-hybridized carbons (Fsp3) is 0.200. The van der Waals surface area contributed by atoms with Crippen LogP contribution in [0.1, 0.15) is 6.42 Å². The van der Waals surface area contributed by atoms with Gasteiger partial charge in [-0.2, -0.15) is 5.90 Å². The van der Waals surface area contributed by atoms with E-state index in [1.807, 2.05) is 0 Å². The standard InChI is InChI=1S/C5H7NO4/c1-3(2-4(7)8)5(9)10-6/h1-2,6H2,(H,7,8). The molecule has 0 unspecified atom stereocenters. The molecule has 0 aliphatic carbocycles. The van der Waals surface area contributed by atoms with Gasteiger partial charge in [0.2, 0.25) is 0 Å². The first-order valence-electron chi connectivity index (χ1n) is 2.38. The Bertz CT molecular complexity index is 174. The van der Waals surface area contributed by atoms with E-state index in [2.05, 4.69) is 17.3 Å². The van der Waals surface area contributed by atoms with Crippen molar-refractivity contribution in [3.05, 3.63) is 12.2 Å². The van der Waals surface area contributed by atoms with Gasteiger partial charge in [0.15, 0.2) is 0 Å². The van der Waals surface area contributed by atoms with Gasteiger partial charge in [-0.05, 0) is 0 Å². The normalized spacial score (nSPS) is 8.50. The molecule has 0 saturated carbocycles. The number of rotatable bonds is 3. The van der Waals surface area contributed by atoms with E-state index in [9.17, 15) is 9.59 Å². The predicted octanol–water partition coefficient (Wildman–Crippen LogP) is -0.566. The summed E-state index contributed by atoms with van der Waals surface area (Å²) in [6, 6.07) is 0. The van der Waals surface area contributed by atoms with Crippen molar-refractivity contribution < 1.29 is 19.5 Å². The fourth-order valence-electron chi connectivity index (χ4n) is 0.338. The number of hydrogen-bond donors (Lipinski definition) is 2. The lowest BCUT2D eigenvalue weighted by molar-refractivity contribution is -0.143. The van der Waals surface area contributed by atoms with Gasteiger partial charge in [-0.1, -0.05) is 6.58 Å². The van der Waals surface area contributed by atoms with Gasteiger partial charge in [0, 0.05) is 5.57 Å². The van der Waals surface area contributed by atoms with E-state index in [-0.39, 0.29) is 5.57 Å².